The van der Waals surface area contributed by atoms with Crippen molar-refractivity contribution < 1.29 is 14.6 Å². The lowest BCUT2D eigenvalue weighted by Gasteiger charge is -2.07. The summed E-state index contributed by atoms with van der Waals surface area (Å²) in [6.07, 6.45) is 1.63. The number of ether oxygens (including phenoxy) is 2. The fraction of sp³-hybridized carbons (Fsp3) is 0.118. The minimum atomic E-state index is 0.102. The third-order valence-electron chi connectivity index (χ3n) is 3.44. The van der Waals surface area contributed by atoms with Crippen LogP contribution in [-0.4, -0.2) is 30.5 Å². The van der Waals surface area contributed by atoms with Gasteiger partial charge in [-0.1, -0.05) is 18.2 Å². The molecule has 0 saturated carbocycles. The Hall–Kier alpha value is -2.95. The second-order valence-corrected chi connectivity index (χ2v) is 4.73. The van der Waals surface area contributed by atoms with Crippen molar-refractivity contribution in [2.24, 2.45) is 4.99 Å². The van der Waals surface area contributed by atoms with Crippen molar-refractivity contribution in [1.82, 2.24) is 4.98 Å². The van der Waals surface area contributed by atoms with Crippen LogP contribution in [0.1, 0.15) is 5.56 Å². The molecule has 1 heterocycles. The van der Waals surface area contributed by atoms with Gasteiger partial charge in [0.2, 0.25) is 0 Å². The third kappa shape index (κ3) is 2.48. The van der Waals surface area contributed by atoms with Gasteiger partial charge in [-0.25, -0.2) is 0 Å². The molecule has 0 fully saturated rings. The molecule has 0 saturated heterocycles. The van der Waals surface area contributed by atoms with E-state index in [0.717, 1.165) is 10.9 Å². The predicted octanol–water partition coefficient (Wildman–Crippen LogP) is 3.64. The normalized spacial score (nSPS) is 11.2. The van der Waals surface area contributed by atoms with E-state index in [4.69, 9.17) is 9.47 Å². The van der Waals surface area contributed by atoms with Crippen molar-refractivity contribution in [1.29, 1.82) is 0 Å². The van der Waals surface area contributed by atoms with Crippen LogP contribution in [0.2, 0.25) is 0 Å². The number of nitrogens with one attached hydrogen (secondary N) is 1. The maximum Gasteiger partial charge on any atom is 0.198 e. The quantitative estimate of drug-likeness (QED) is 0.722. The summed E-state index contributed by atoms with van der Waals surface area (Å²) in [6.45, 7) is 0. The number of hydrogen-bond donors (Lipinski definition) is 2. The lowest BCUT2D eigenvalue weighted by Crippen LogP contribution is -1.89. The second kappa shape index (κ2) is 5.81. The summed E-state index contributed by atoms with van der Waals surface area (Å²) in [4.78, 5) is 7.33. The van der Waals surface area contributed by atoms with Crippen molar-refractivity contribution in [3.05, 3.63) is 48.0 Å². The number of aromatic nitrogens is 1. The molecule has 0 atom stereocenters. The van der Waals surface area contributed by atoms with Crippen LogP contribution >= 0.6 is 0 Å². The summed E-state index contributed by atoms with van der Waals surface area (Å²) in [5, 5.41) is 10.9. The second-order valence-electron chi connectivity index (χ2n) is 4.73. The fourth-order valence-corrected chi connectivity index (χ4v) is 2.32. The predicted molar refractivity (Wildman–Crippen MR) is 86.8 cm³/mol. The number of para-hydroxylation sites is 1. The van der Waals surface area contributed by atoms with Crippen molar-refractivity contribution in [2.45, 2.75) is 0 Å². The lowest BCUT2D eigenvalue weighted by molar-refractivity contribution is 0.355. The zero-order valence-corrected chi connectivity index (χ0v) is 12.3. The maximum absolute atomic E-state index is 10.0. The van der Waals surface area contributed by atoms with Crippen LogP contribution in [0.4, 0.5) is 5.69 Å². The molecule has 22 heavy (non-hydrogen) atoms. The minimum Gasteiger partial charge on any atom is -0.494 e. The molecule has 2 aromatic carbocycles. The summed E-state index contributed by atoms with van der Waals surface area (Å²) >= 11 is 0. The SMILES string of the molecule is COc1ccc(N=Cc2c(O)[nH]c3ccccc23)cc1OC. The maximum atomic E-state index is 10.0. The highest BCUT2D eigenvalue weighted by molar-refractivity contribution is 6.02. The van der Waals surface area contributed by atoms with Crippen LogP contribution in [0.15, 0.2) is 47.5 Å². The molecule has 1 aromatic heterocycles. The first-order chi connectivity index (χ1) is 10.7. The largest absolute Gasteiger partial charge is 0.494 e. The monoisotopic (exact) mass is 296 g/mol. The van der Waals surface area contributed by atoms with Gasteiger partial charge in [-0.15, -0.1) is 0 Å². The number of methoxy groups -OCH3 is 2. The lowest BCUT2D eigenvalue weighted by atomic mass is 10.2. The van der Waals surface area contributed by atoms with Crippen LogP contribution in [0.5, 0.6) is 17.4 Å². The molecule has 2 N–H and O–H groups in total. The molecule has 5 heteroatoms. The van der Waals surface area contributed by atoms with Crippen LogP contribution < -0.4 is 9.47 Å². The average molecular weight is 296 g/mol. The standard InChI is InChI=1S/C17H16N2O3/c1-21-15-8-7-11(9-16(15)22-2)18-10-13-12-5-3-4-6-14(12)19-17(13)20/h3-10,19-20H,1-2H3. The average Bonchev–Trinajstić information content (AvgIpc) is 2.87. The number of aromatic hydroxyl groups is 1. The Morgan fingerprint density at radius 3 is 2.59 bits per heavy atom. The van der Waals surface area contributed by atoms with E-state index in [9.17, 15) is 5.11 Å². The van der Waals surface area contributed by atoms with Gasteiger partial charge in [-0.3, -0.25) is 4.99 Å². The van der Waals surface area contributed by atoms with Gasteiger partial charge in [0.05, 0.1) is 25.5 Å². The highest BCUT2D eigenvalue weighted by atomic mass is 16.5. The van der Waals surface area contributed by atoms with E-state index < -0.39 is 0 Å². The Bertz CT molecular complexity index is 837. The van der Waals surface area contributed by atoms with Gasteiger partial charge < -0.3 is 19.6 Å². The van der Waals surface area contributed by atoms with Gasteiger partial charge >= 0.3 is 0 Å². The first-order valence-electron chi connectivity index (χ1n) is 6.78. The molecule has 0 aliphatic heterocycles. The Labute approximate surface area is 127 Å². The van der Waals surface area contributed by atoms with E-state index in [1.807, 2.05) is 30.3 Å². The van der Waals surface area contributed by atoms with Crippen LogP contribution in [0, 0.1) is 0 Å². The molecule has 5 nitrogen and oxygen atoms in total. The Balaban J connectivity index is 1.98. The summed E-state index contributed by atoms with van der Waals surface area (Å²) in [6, 6.07) is 13.1. The minimum absolute atomic E-state index is 0.102. The van der Waals surface area contributed by atoms with Crippen molar-refractivity contribution >= 4 is 22.8 Å². The molecule has 3 aromatic rings. The number of fused-ring (bicyclic) bond motifs is 1. The highest BCUT2D eigenvalue weighted by Crippen LogP contribution is 2.31. The van der Waals surface area contributed by atoms with Gasteiger partial charge in [0.25, 0.3) is 0 Å². The first kappa shape index (κ1) is 14.0. The zero-order valence-electron chi connectivity index (χ0n) is 12.3. The molecule has 0 aliphatic rings. The summed E-state index contributed by atoms with van der Waals surface area (Å²) < 4.78 is 10.4. The molecular formula is C17H16N2O3. The molecule has 0 unspecified atom stereocenters. The number of nitrogens with zero attached hydrogens (tertiary/aromatic N) is 1. The topological polar surface area (TPSA) is 66.8 Å². The van der Waals surface area contributed by atoms with E-state index in [1.54, 1.807) is 32.6 Å². The fourth-order valence-electron chi connectivity index (χ4n) is 2.32. The third-order valence-corrected chi connectivity index (χ3v) is 3.44. The number of aliphatic imine (C=N–C) groups is 1. The van der Waals surface area contributed by atoms with Crippen LogP contribution in [0.3, 0.4) is 0 Å². The van der Waals surface area contributed by atoms with E-state index in [2.05, 4.69) is 9.98 Å². The molecule has 0 bridgehead atoms. The first-order valence-corrected chi connectivity index (χ1v) is 6.78. The molecule has 3 rings (SSSR count). The van der Waals surface area contributed by atoms with Crippen LogP contribution in [-0.2, 0) is 0 Å². The Kier molecular flexibility index (Phi) is 3.70. The molecule has 0 radical (unpaired) electrons. The van der Waals surface area contributed by atoms with E-state index >= 15 is 0 Å². The van der Waals surface area contributed by atoms with Gasteiger partial charge in [0.15, 0.2) is 17.4 Å². The number of aromatic amines is 1. The summed E-state index contributed by atoms with van der Waals surface area (Å²) in [7, 11) is 3.17. The van der Waals surface area contributed by atoms with Crippen LogP contribution in [0.25, 0.3) is 10.9 Å². The number of rotatable bonds is 4. The van der Waals surface area contributed by atoms with Crippen molar-refractivity contribution in [3.63, 3.8) is 0 Å². The van der Waals surface area contributed by atoms with Gasteiger partial charge in [-0.05, 0) is 18.2 Å². The summed E-state index contributed by atoms with van der Waals surface area (Å²) in [5.41, 5.74) is 2.24. The summed E-state index contributed by atoms with van der Waals surface area (Å²) in [5.74, 6) is 1.36. The van der Waals surface area contributed by atoms with Gasteiger partial charge in [0, 0.05) is 23.2 Å². The van der Waals surface area contributed by atoms with E-state index in [0.29, 0.717) is 22.7 Å². The molecule has 112 valence electrons. The molecule has 0 aliphatic carbocycles. The van der Waals surface area contributed by atoms with Crippen molar-refractivity contribution in [3.8, 4) is 17.4 Å². The number of H-pyrrole nitrogens is 1. The number of benzene rings is 2. The van der Waals surface area contributed by atoms with Crippen molar-refractivity contribution in [2.75, 3.05) is 14.2 Å². The van der Waals surface area contributed by atoms with Gasteiger partial charge in [-0.2, -0.15) is 0 Å². The smallest absolute Gasteiger partial charge is 0.198 e. The Morgan fingerprint density at radius 1 is 1.05 bits per heavy atom. The molecule has 0 spiro atoms. The highest BCUT2D eigenvalue weighted by Gasteiger charge is 2.08. The number of hydrogen-bond acceptors (Lipinski definition) is 4. The molecular weight excluding hydrogens is 280 g/mol. The van der Waals surface area contributed by atoms with E-state index in [1.165, 1.54) is 0 Å². The zero-order chi connectivity index (χ0) is 15.5. The Morgan fingerprint density at radius 2 is 1.82 bits per heavy atom. The van der Waals surface area contributed by atoms with Gasteiger partial charge in [0.1, 0.15) is 0 Å². The molecule has 0 amide bonds. The van der Waals surface area contributed by atoms with E-state index in [-0.39, 0.29) is 5.88 Å².